The number of nitrogen functional groups attached to an aromatic ring is 1. The number of nitrogens with two attached hydrogens (primary N) is 1. The Kier molecular flexibility index (Phi) is 2.27. The molecule has 0 bridgehead atoms. The van der Waals surface area contributed by atoms with Crippen molar-refractivity contribution in [3.05, 3.63) is 11.4 Å². The van der Waals surface area contributed by atoms with Gasteiger partial charge in [-0.05, 0) is 12.1 Å². The van der Waals surface area contributed by atoms with Crippen molar-refractivity contribution >= 4 is 17.5 Å². The van der Waals surface area contributed by atoms with Gasteiger partial charge in [-0.1, -0.05) is 5.10 Å². The van der Waals surface area contributed by atoms with E-state index in [2.05, 4.69) is 30.9 Å². The third-order valence-corrected chi connectivity index (χ3v) is 1.94. The zero-order chi connectivity index (χ0) is 11.7. The Labute approximate surface area is 90.0 Å². The number of rotatable bonds is 2. The number of amides is 1. The fourth-order valence-electron chi connectivity index (χ4n) is 1.11. The van der Waals surface area contributed by atoms with Crippen molar-refractivity contribution in [3.8, 4) is 0 Å². The molecule has 1 amide bonds. The molecule has 0 spiro atoms. The molecule has 9 nitrogen and oxygen atoms in total. The van der Waals surface area contributed by atoms with Crippen LogP contribution in [0.1, 0.15) is 16.2 Å². The van der Waals surface area contributed by atoms with Gasteiger partial charge in [0, 0.05) is 0 Å². The normalized spacial score (nSPS) is 10.4. The molecule has 0 unspecified atom stereocenters. The van der Waals surface area contributed by atoms with E-state index in [1.807, 2.05) is 0 Å². The minimum absolute atomic E-state index is 0.104. The predicted octanol–water partition coefficient (Wildman–Crippen LogP) is -0.924. The fourth-order valence-corrected chi connectivity index (χ4v) is 1.11. The Morgan fingerprint density at radius 1 is 1.56 bits per heavy atom. The van der Waals surface area contributed by atoms with Gasteiger partial charge in [-0.2, -0.15) is 9.90 Å². The Morgan fingerprint density at radius 3 is 2.81 bits per heavy atom. The highest BCUT2D eigenvalue weighted by atomic mass is 16.2. The maximum Gasteiger partial charge on any atom is 0.280 e. The molecule has 0 aliphatic heterocycles. The molecule has 2 heterocycles. The maximum atomic E-state index is 11.7. The molecule has 2 aromatic heterocycles. The van der Waals surface area contributed by atoms with Crippen molar-refractivity contribution < 1.29 is 4.79 Å². The molecule has 0 saturated heterocycles. The molecule has 0 aliphatic rings. The van der Waals surface area contributed by atoms with Crippen molar-refractivity contribution in [2.24, 2.45) is 7.05 Å². The summed E-state index contributed by atoms with van der Waals surface area (Å²) in [7, 11) is 1.59. The molecule has 0 fully saturated rings. The smallest absolute Gasteiger partial charge is 0.280 e. The Hall–Kier alpha value is -2.45. The highest BCUT2D eigenvalue weighted by molar-refractivity contribution is 6.05. The van der Waals surface area contributed by atoms with E-state index < -0.39 is 5.91 Å². The number of anilines is 2. The van der Waals surface area contributed by atoms with Crippen molar-refractivity contribution in [2.75, 3.05) is 11.1 Å². The van der Waals surface area contributed by atoms with Crippen LogP contribution in [0, 0.1) is 6.92 Å². The first-order valence-corrected chi connectivity index (χ1v) is 4.43. The summed E-state index contributed by atoms with van der Waals surface area (Å²) >= 11 is 0. The van der Waals surface area contributed by atoms with Gasteiger partial charge in [-0.3, -0.25) is 15.2 Å². The molecule has 16 heavy (non-hydrogen) atoms. The monoisotopic (exact) mass is 222 g/mol. The number of nitrogens with zero attached hydrogens (tertiary/aromatic N) is 5. The number of carbonyl (C=O) groups is 1. The lowest BCUT2D eigenvalue weighted by molar-refractivity contribution is 0.102. The van der Waals surface area contributed by atoms with Crippen LogP contribution in [-0.4, -0.2) is 36.3 Å². The lowest BCUT2D eigenvalue weighted by atomic mass is 10.3. The van der Waals surface area contributed by atoms with Crippen LogP contribution in [0.4, 0.5) is 11.6 Å². The summed E-state index contributed by atoms with van der Waals surface area (Å²) in [5.41, 5.74) is 6.71. The molecular formula is C7H10N8O. The van der Waals surface area contributed by atoms with Crippen LogP contribution in [0.5, 0.6) is 0 Å². The maximum absolute atomic E-state index is 11.7. The highest BCUT2D eigenvalue weighted by Gasteiger charge is 2.16. The second-order valence-corrected chi connectivity index (χ2v) is 3.17. The molecule has 0 aliphatic carbocycles. The first kappa shape index (κ1) is 10.1. The summed E-state index contributed by atoms with van der Waals surface area (Å²) < 4.78 is 0. The Balaban J connectivity index is 2.18. The second-order valence-electron chi connectivity index (χ2n) is 3.17. The fraction of sp³-hybridized carbons (Fsp3) is 0.286. The SMILES string of the molecule is Cc1[nH]nc(C(=O)Nc2nnn(C)n2)c1N. The van der Waals surface area contributed by atoms with E-state index in [0.29, 0.717) is 11.4 Å². The predicted molar refractivity (Wildman–Crippen MR) is 54.5 cm³/mol. The van der Waals surface area contributed by atoms with Crippen LogP contribution >= 0.6 is 0 Å². The van der Waals surface area contributed by atoms with Gasteiger partial charge in [0.15, 0.2) is 5.69 Å². The van der Waals surface area contributed by atoms with Gasteiger partial charge in [0.2, 0.25) is 0 Å². The van der Waals surface area contributed by atoms with E-state index in [9.17, 15) is 4.79 Å². The van der Waals surface area contributed by atoms with Crippen molar-refractivity contribution in [3.63, 3.8) is 0 Å². The molecule has 0 aromatic carbocycles. The number of carbonyl (C=O) groups excluding carboxylic acids is 1. The summed E-state index contributed by atoms with van der Waals surface area (Å²) in [5.74, 6) is -0.373. The number of aryl methyl sites for hydroxylation is 2. The first-order chi connectivity index (χ1) is 7.58. The molecule has 2 rings (SSSR count). The van der Waals surface area contributed by atoms with E-state index >= 15 is 0 Å². The van der Waals surface area contributed by atoms with Gasteiger partial charge in [0.25, 0.3) is 11.9 Å². The van der Waals surface area contributed by atoms with Gasteiger partial charge >= 0.3 is 0 Å². The van der Waals surface area contributed by atoms with Crippen molar-refractivity contribution in [2.45, 2.75) is 6.92 Å². The number of nitrogens with one attached hydrogen (secondary N) is 2. The van der Waals surface area contributed by atoms with Gasteiger partial charge in [0.05, 0.1) is 18.4 Å². The second kappa shape index (κ2) is 3.61. The number of hydrogen-bond donors (Lipinski definition) is 3. The molecule has 4 N–H and O–H groups in total. The summed E-state index contributed by atoms with van der Waals surface area (Å²) in [5, 5.41) is 19.8. The Morgan fingerprint density at radius 2 is 2.31 bits per heavy atom. The number of hydrogen-bond acceptors (Lipinski definition) is 6. The quantitative estimate of drug-likeness (QED) is 0.602. The van der Waals surface area contributed by atoms with Gasteiger partial charge < -0.3 is 5.73 Å². The first-order valence-electron chi connectivity index (χ1n) is 4.43. The standard InChI is InChI=1S/C7H10N8O/c1-3-4(8)5(11-10-3)6(16)9-7-12-14-15(2)13-7/h8H2,1-2H3,(H,10,11)(H,9,13,16). The van der Waals surface area contributed by atoms with Crippen LogP contribution < -0.4 is 11.1 Å². The number of tetrazole rings is 1. The van der Waals surface area contributed by atoms with Gasteiger partial charge in [-0.15, -0.1) is 5.10 Å². The largest absolute Gasteiger partial charge is 0.395 e. The molecule has 0 atom stereocenters. The summed E-state index contributed by atoms with van der Waals surface area (Å²) in [4.78, 5) is 12.9. The molecule has 0 saturated carbocycles. The molecule has 84 valence electrons. The molecule has 0 radical (unpaired) electrons. The highest BCUT2D eigenvalue weighted by Crippen LogP contribution is 2.13. The Bertz CT molecular complexity index is 526. The summed E-state index contributed by atoms with van der Waals surface area (Å²) in [6, 6.07) is 0. The third kappa shape index (κ3) is 1.69. The number of aromatic amines is 1. The van der Waals surface area contributed by atoms with Gasteiger partial charge in [-0.25, -0.2) is 0 Å². The van der Waals surface area contributed by atoms with E-state index in [0.717, 1.165) is 0 Å². The lowest BCUT2D eigenvalue weighted by Gasteiger charge is -1.97. The van der Waals surface area contributed by atoms with Crippen LogP contribution in [0.25, 0.3) is 0 Å². The van der Waals surface area contributed by atoms with Crippen LogP contribution in [-0.2, 0) is 7.05 Å². The minimum Gasteiger partial charge on any atom is -0.395 e. The topological polar surface area (TPSA) is 127 Å². The van der Waals surface area contributed by atoms with E-state index in [1.165, 1.54) is 4.80 Å². The van der Waals surface area contributed by atoms with E-state index in [1.54, 1.807) is 14.0 Å². The zero-order valence-corrected chi connectivity index (χ0v) is 8.72. The van der Waals surface area contributed by atoms with Crippen molar-refractivity contribution in [1.29, 1.82) is 0 Å². The molecule has 9 heteroatoms. The average molecular weight is 222 g/mol. The number of aromatic nitrogens is 6. The van der Waals surface area contributed by atoms with Crippen LogP contribution in [0.3, 0.4) is 0 Å². The molecular weight excluding hydrogens is 212 g/mol. The minimum atomic E-state index is -0.477. The van der Waals surface area contributed by atoms with Crippen molar-refractivity contribution in [1.82, 2.24) is 30.4 Å². The van der Waals surface area contributed by atoms with Gasteiger partial charge in [0.1, 0.15) is 0 Å². The van der Waals surface area contributed by atoms with E-state index in [-0.39, 0.29) is 11.6 Å². The third-order valence-electron chi connectivity index (χ3n) is 1.94. The number of H-pyrrole nitrogens is 1. The molecule has 2 aromatic rings. The zero-order valence-electron chi connectivity index (χ0n) is 8.72. The summed E-state index contributed by atoms with van der Waals surface area (Å²) in [6.07, 6.45) is 0. The van der Waals surface area contributed by atoms with Crippen LogP contribution in [0.2, 0.25) is 0 Å². The lowest BCUT2D eigenvalue weighted by Crippen LogP contribution is -2.15. The summed E-state index contributed by atoms with van der Waals surface area (Å²) in [6.45, 7) is 1.72. The van der Waals surface area contributed by atoms with E-state index in [4.69, 9.17) is 5.73 Å². The van der Waals surface area contributed by atoms with Crippen LogP contribution in [0.15, 0.2) is 0 Å². The average Bonchev–Trinajstić information content (AvgIpc) is 2.76.